The fourth-order valence-electron chi connectivity index (χ4n) is 3.33. The van der Waals surface area contributed by atoms with Crippen molar-refractivity contribution >= 4 is 20.0 Å². The van der Waals surface area contributed by atoms with Gasteiger partial charge < -0.3 is 24.8 Å². The third kappa shape index (κ3) is 3.01. The largest absolute Gasteiger partial charge is 0.492 e. The second-order valence-corrected chi connectivity index (χ2v) is 11.0. The maximum Gasteiger partial charge on any atom is 0.242 e. The Morgan fingerprint density at radius 2 is 1.96 bits per heavy atom. The molecular formula is C16H26N4O5Si. The number of imidazole rings is 1. The number of nitrogens with zero attached hydrogens (tertiary/aromatic N) is 4. The lowest BCUT2D eigenvalue weighted by Crippen LogP contribution is -2.54. The van der Waals surface area contributed by atoms with Crippen molar-refractivity contribution in [1.82, 2.24) is 19.5 Å². The van der Waals surface area contributed by atoms with Gasteiger partial charge in [-0.05, 0) is 20.8 Å². The fourth-order valence-corrected chi connectivity index (χ4v) is 5.40. The van der Waals surface area contributed by atoms with E-state index >= 15 is 0 Å². The van der Waals surface area contributed by atoms with E-state index in [1.807, 2.05) is 33.9 Å². The molecule has 2 aromatic rings. The van der Waals surface area contributed by atoms with Crippen LogP contribution in [0.4, 0.5) is 0 Å². The molecule has 26 heavy (non-hydrogen) atoms. The molecule has 4 atom stereocenters. The monoisotopic (exact) mass is 382 g/mol. The van der Waals surface area contributed by atoms with E-state index in [9.17, 15) is 15.3 Å². The molecule has 0 saturated carbocycles. The zero-order chi connectivity index (χ0) is 19.3. The molecule has 10 heteroatoms. The van der Waals surface area contributed by atoms with Crippen molar-refractivity contribution in [3.05, 3.63) is 12.7 Å². The van der Waals surface area contributed by atoms with Crippen LogP contribution in [0, 0.1) is 0 Å². The third-order valence-corrected chi connectivity index (χ3v) is 7.08. The summed E-state index contributed by atoms with van der Waals surface area (Å²) >= 11 is 0. The summed E-state index contributed by atoms with van der Waals surface area (Å²) in [7, 11) is -1.78. The van der Waals surface area contributed by atoms with Crippen LogP contribution in [0.5, 0.6) is 5.88 Å². The Labute approximate surface area is 153 Å². The second-order valence-electron chi connectivity index (χ2n) is 7.91. The smallest absolute Gasteiger partial charge is 0.242 e. The number of fused-ring (bicyclic) bond motifs is 1. The van der Waals surface area contributed by atoms with Crippen LogP contribution in [0.15, 0.2) is 12.7 Å². The van der Waals surface area contributed by atoms with Gasteiger partial charge in [0.15, 0.2) is 16.5 Å². The van der Waals surface area contributed by atoms with Gasteiger partial charge in [-0.15, -0.1) is 0 Å². The Bertz CT molecular complexity index is 793. The van der Waals surface area contributed by atoms with Crippen LogP contribution in [0.25, 0.3) is 11.2 Å². The molecule has 1 aliphatic heterocycles. The van der Waals surface area contributed by atoms with Gasteiger partial charge in [0.2, 0.25) is 5.88 Å². The molecule has 0 aromatic carbocycles. The summed E-state index contributed by atoms with van der Waals surface area (Å²) in [6, 6.07) is 0. The molecule has 3 heterocycles. The Balaban J connectivity index is 2.04. The van der Waals surface area contributed by atoms with E-state index in [1.165, 1.54) is 12.7 Å². The highest BCUT2D eigenvalue weighted by atomic mass is 28.3. The van der Waals surface area contributed by atoms with Crippen LogP contribution in [-0.2, 0) is 14.8 Å². The lowest BCUT2D eigenvalue weighted by Gasteiger charge is -2.37. The molecule has 0 unspecified atom stereocenters. The minimum atomic E-state index is -1.78. The summed E-state index contributed by atoms with van der Waals surface area (Å²) in [6.45, 7) is 9.91. The van der Waals surface area contributed by atoms with Gasteiger partial charge in [0.25, 0.3) is 0 Å². The van der Waals surface area contributed by atoms with Gasteiger partial charge in [-0.25, -0.2) is 9.97 Å². The average molecular weight is 382 g/mol. The molecule has 0 aliphatic carbocycles. The van der Waals surface area contributed by atoms with E-state index in [2.05, 4.69) is 15.0 Å². The molecule has 2 aromatic heterocycles. The van der Waals surface area contributed by atoms with Gasteiger partial charge >= 0.3 is 0 Å². The fraction of sp³-hybridized carbons (Fsp3) is 0.688. The lowest BCUT2D eigenvalue weighted by molar-refractivity contribution is -0.118. The van der Waals surface area contributed by atoms with Crippen LogP contribution in [0.1, 0.15) is 20.8 Å². The molecular weight excluding hydrogens is 356 g/mol. The van der Waals surface area contributed by atoms with Gasteiger partial charge in [-0.3, -0.25) is 4.57 Å². The van der Waals surface area contributed by atoms with E-state index in [0.29, 0.717) is 5.65 Å². The highest BCUT2D eigenvalue weighted by Crippen LogP contribution is 2.40. The molecule has 0 spiro atoms. The first-order valence-corrected chi connectivity index (χ1v) is 11.5. The van der Waals surface area contributed by atoms with Gasteiger partial charge in [-0.1, -0.05) is 13.1 Å². The Morgan fingerprint density at radius 3 is 2.58 bits per heavy atom. The lowest BCUT2D eigenvalue weighted by atomic mass is 10.1. The quantitative estimate of drug-likeness (QED) is 0.639. The Kier molecular flexibility index (Phi) is 4.82. The zero-order valence-corrected chi connectivity index (χ0v) is 16.8. The minimum absolute atomic E-state index is 0.150. The van der Waals surface area contributed by atoms with Gasteiger partial charge in [0.1, 0.15) is 24.6 Å². The first-order valence-electron chi connectivity index (χ1n) is 8.63. The van der Waals surface area contributed by atoms with E-state index in [4.69, 9.17) is 9.47 Å². The SMILES string of the molecule is C[SiH](C)[C@@]1(n2cnc3c(O)ncnc32)O[C@H](COC(C)(C)C)[C@@H](O)[C@H]1O. The summed E-state index contributed by atoms with van der Waals surface area (Å²) in [5.41, 5.74) is 0.179. The summed E-state index contributed by atoms with van der Waals surface area (Å²) in [5, 5.41) is 30.3. The van der Waals surface area contributed by atoms with Crippen molar-refractivity contribution in [2.45, 2.75) is 63.1 Å². The first kappa shape index (κ1) is 19.2. The summed E-state index contributed by atoms with van der Waals surface area (Å²) in [4.78, 5) is 12.1. The van der Waals surface area contributed by atoms with Crippen molar-refractivity contribution in [3.63, 3.8) is 0 Å². The molecule has 9 nitrogen and oxygen atoms in total. The summed E-state index contributed by atoms with van der Waals surface area (Å²) < 4.78 is 13.6. The third-order valence-electron chi connectivity index (χ3n) is 4.67. The molecule has 3 rings (SSSR count). The molecule has 3 N–H and O–H groups in total. The summed E-state index contributed by atoms with van der Waals surface area (Å²) in [5.74, 6) is -0.241. The van der Waals surface area contributed by atoms with E-state index in [1.54, 1.807) is 4.57 Å². The molecule has 144 valence electrons. The zero-order valence-electron chi connectivity index (χ0n) is 15.6. The molecule has 1 fully saturated rings. The van der Waals surface area contributed by atoms with E-state index in [-0.39, 0.29) is 18.0 Å². The van der Waals surface area contributed by atoms with Crippen LogP contribution < -0.4 is 0 Å². The maximum absolute atomic E-state index is 10.9. The van der Waals surface area contributed by atoms with Crippen molar-refractivity contribution in [3.8, 4) is 5.88 Å². The number of rotatable bonds is 4. The number of aliphatic hydroxyl groups is 2. The average Bonchev–Trinajstić information content (AvgIpc) is 3.08. The van der Waals surface area contributed by atoms with Crippen LogP contribution in [0.3, 0.4) is 0 Å². The molecule has 1 saturated heterocycles. The number of aromatic hydroxyl groups is 1. The van der Waals surface area contributed by atoms with Crippen molar-refractivity contribution in [2.24, 2.45) is 0 Å². The number of hydrogen-bond donors (Lipinski definition) is 3. The van der Waals surface area contributed by atoms with E-state index < -0.39 is 38.1 Å². The Hall–Kier alpha value is -1.59. The standard InChI is InChI=1S/C16H26N4O5Si/c1-15(2,3)24-6-9-11(21)12(22)16(25-9,26(4)5)20-8-19-10-13(20)17-7-18-14(10)23/h7-9,11-12,21-22,26H,6H2,1-5H3,(H,17,18,23)/t9-,11-,12-,16+/m1/s1. The van der Waals surface area contributed by atoms with Crippen molar-refractivity contribution < 1.29 is 24.8 Å². The molecule has 0 bridgehead atoms. The minimum Gasteiger partial charge on any atom is -0.492 e. The molecule has 1 aliphatic rings. The van der Waals surface area contributed by atoms with Crippen LogP contribution in [-0.4, -0.2) is 74.2 Å². The van der Waals surface area contributed by atoms with Crippen molar-refractivity contribution in [2.75, 3.05) is 6.61 Å². The van der Waals surface area contributed by atoms with Gasteiger partial charge in [0, 0.05) is 0 Å². The van der Waals surface area contributed by atoms with E-state index in [0.717, 1.165) is 0 Å². The van der Waals surface area contributed by atoms with Gasteiger partial charge in [-0.2, -0.15) is 4.98 Å². The number of aliphatic hydroxyl groups excluding tert-OH is 2. The molecule has 0 amide bonds. The topological polar surface area (TPSA) is 123 Å². The highest BCUT2D eigenvalue weighted by molar-refractivity contribution is 6.58. The predicted molar refractivity (Wildman–Crippen MR) is 96.4 cm³/mol. The normalized spacial score (nSPS) is 29.8. The second kappa shape index (κ2) is 6.53. The van der Waals surface area contributed by atoms with Crippen LogP contribution in [0.2, 0.25) is 13.1 Å². The summed E-state index contributed by atoms with van der Waals surface area (Å²) in [6.07, 6.45) is -0.275. The first-order chi connectivity index (χ1) is 12.1. The molecule has 0 radical (unpaired) electrons. The van der Waals surface area contributed by atoms with Crippen molar-refractivity contribution in [1.29, 1.82) is 0 Å². The number of aromatic nitrogens is 4. The Morgan fingerprint density at radius 1 is 1.27 bits per heavy atom. The number of ether oxygens (including phenoxy) is 2. The number of hydrogen-bond acceptors (Lipinski definition) is 8. The van der Waals surface area contributed by atoms with Crippen LogP contribution >= 0.6 is 0 Å². The predicted octanol–water partition coefficient (Wildman–Crippen LogP) is 0.146. The maximum atomic E-state index is 10.9. The highest BCUT2D eigenvalue weighted by Gasteiger charge is 2.58. The van der Waals surface area contributed by atoms with Gasteiger partial charge in [0.05, 0.1) is 27.3 Å².